The minimum atomic E-state index is 0.0749. The monoisotopic (exact) mass is 392 g/mol. The Kier molecular flexibility index (Phi) is 6.05. The first kappa shape index (κ1) is 19.4. The van der Waals surface area contributed by atoms with Gasteiger partial charge in [-0.3, -0.25) is 9.39 Å². The molecular weight excluding hydrogens is 364 g/mol. The van der Waals surface area contributed by atoms with Gasteiger partial charge in [0.25, 0.3) is 0 Å². The van der Waals surface area contributed by atoms with Crippen LogP contribution in [-0.4, -0.2) is 58.7 Å². The Hall–Kier alpha value is -2.93. The Morgan fingerprint density at radius 3 is 2.93 bits per heavy atom. The van der Waals surface area contributed by atoms with Crippen molar-refractivity contribution < 1.29 is 4.74 Å². The van der Waals surface area contributed by atoms with Gasteiger partial charge in [0, 0.05) is 32.8 Å². The average molecular weight is 393 g/mol. The number of benzene rings is 1. The summed E-state index contributed by atoms with van der Waals surface area (Å²) in [6.07, 6.45) is 3.91. The number of guanidine groups is 1. The number of aliphatic imine (C=N–C) groups is 1. The summed E-state index contributed by atoms with van der Waals surface area (Å²) in [5.74, 6) is 1.92. The van der Waals surface area contributed by atoms with Crippen molar-refractivity contribution in [3.05, 3.63) is 65.6 Å². The molecule has 1 fully saturated rings. The van der Waals surface area contributed by atoms with Gasteiger partial charge in [-0.1, -0.05) is 30.3 Å². The van der Waals surface area contributed by atoms with Crippen molar-refractivity contribution in [2.24, 2.45) is 4.99 Å². The molecule has 2 aromatic heterocycles. The third-order valence-electron chi connectivity index (χ3n) is 5.36. The molecule has 1 saturated heterocycles. The maximum absolute atomic E-state index is 6.04. The van der Waals surface area contributed by atoms with Gasteiger partial charge in [0.05, 0.1) is 13.2 Å². The predicted octanol–water partition coefficient (Wildman–Crippen LogP) is 2.62. The fourth-order valence-electron chi connectivity index (χ4n) is 3.82. The number of pyridine rings is 1. The molecule has 7 heteroatoms. The van der Waals surface area contributed by atoms with Gasteiger partial charge in [-0.25, -0.2) is 0 Å². The number of morpholine rings is 1. The molecule has 4 rings (SSSR count). The summed E-state index contributed by atoms with van der Waals surface area (Å²) in [7, 11) is 1.84. The number of nitrogens with one attached hydrogen (secondary N) is 1. The van der Waals surface area contributed by atoms with Gasteiger partial charge in [0.1, 0.15) is 11.9 Å². The van der Waals surface area contributed by atoms with Crippen LogP contribution >= 0.6 is 0 Å². The topological polar surface area (TPSA) is 67.0 Å². The van der Waals surface area contributed by atoms with E-state index in [9.17, 15) is 0 Å². The molecule has 1 aromatic carbocycles. The first-order chi connectivity index (χ1) is 14.3. The van der Waals surface area contributed by atoms with Gasteiger partial charge in [0.15, 0.2) is 11.6 Å². The fourth-order valence-corrected chi connectivity index (χ4v) is 3.82. The van der Waals surface area contributed by atoms with Gasteiger partial charge in [0.2, 0.25) is 0 Å². The molecule has 0 amide bonds. The highest BCUT2D eigenvalue weighted by Gasteiger charge is 2.25. The highest BCUT2D eigenvalue weighted by Crippen LogP contribution is 2.24. The van der Waals surface area contributed by atoms with E-state index in [1.807, 2.05) is 35.8 Å². The molecule has 29 heavy (non-hydrogen) atoms. The zero-order chi connectivity index (χ0) is 20.1. The molecule has 3 aromatic rings. The quantitative estimate of drug-likeness (QED) is 0.411. The molecule has 1 N–H and O–H groups in total. The Bertz CT molecular complexity index is 982. The normalized spacial score (nSPS) is 17.7. The molecule has 1 unspecified atom stereocenters. The van der Waals surface area contributed by atoms with Crippen molar-refractivity contribution in [2.75, 3.05) is 33.3 Å². The van der Waals surface area contributed by atoms with E-state index in [2.05, 4.69) is 56.6 Å². The molecule has 0 spiro atoms. The van der Waals surface area contributed by atoms with E-state index in [4.69, 9.17) is 4.74 Å². The van der Waals surface area contributed by atoms with E-state index >= 15 is 0 Å². The van der Waals surface area contributed by atoms with Crippen LogP contribution in [0.5, 0.6) is 0 Å². The van der Waals surface area contributed by atoms with Gasteiger partial charge >= 0.3 is 0 Å². The molecule has 1 aliphatic heterocycles. The third kappa shape index (κ3) is 4.40. The van der Waals surface area contributed by atoms with E-state index < -0.39 is 0 Å². The molecule has 3 heterocycles. The lowest BCUT2D eigenvalue weighted by Crippen LogP contribution is -2.48. The number of rotatable bonds is 5. The molecule has 1 atom stereocenters. The van der Waals surface area contributed by atoms with Crippen molar-refractivity contribution in [1.29, 1.82) is 0 Å². The predicted molar refractivity (Wildman–Crippen MR) is 114 cm³/mol. The minimum absolute atomic E-state index is 0.0749. The van der Waals surface area contributed by atoms with Crippen LogP contribution in [0.1, 0.15) is 29.5 Å². The molecule has 0 saturated carbocycles. The summed E-state index contributed by atoms with van der Waals surface area (Å²) in [6, 6.07) is 14.4. The Morgan fingerprint density at radius 2 is 2.07 bits per heavy atom. The Labute approximate surface area is 171 Å². The summed E-state index contributed by atoms with van der Waals surface area (Å²) < 4.78 is 8.09. The van der Waals surface area contributed by atoms with Crippen LogP contribution in [0.2, 0.25) is 0 Å². The average Bonchev–Trinajstić information content (AvgIpc) is 3.17. The number of fused-ring (bicyclic) bond motifs is 1. The van der Waals surface area contributed by atoms with E-state index in [0.717, 1.165) is 49.9 Å². The second-order valence-electron chi connectivity index (χ2n) is 7.28. The van der Waals surface area contributed by atoms with Crippen LogP contribution in [0.25, 0.3) is 5.65 Å². The van der Waals surface area contributed by atoms with Crippen molar-refractivity contribution >= 4 is 11.6 Å². The first-order valence-corrected chi connectivity index (χ1v) is 10.2. The number of hydrogen-bond acceptors (Lipinski definition) is 4. The smallest absolute Gasteiger partial charge is 0.193 e. The second-order valence-corrected chi connectivity index (χ2v) is 7.28. The second kappa shape index (κ2) is 9.05. The van der Waals surface area contributed by atoms with Crippen molar-refractivity contribution in [3.8, 4) is 0 Å². The summed E-state index contributed by atoms with van der Waals surface area (Å²) in [6.45, 7) is 5.32. The lowest BCUT2D eigenvalue weighted by Gasteiger charge is -2.35. The summed E-state index contributed by atoms with van der Waals surface area (Å²) in [4.78, 5) is 6.77. The van der Waals surface area contributed by atoms with Crippen molar-refractivity contribution in [1.82, 2.24) is 24.8 Å². The first-order valence-electron chi connectivity index (χ1n) is 10.2. The zero-order valence-corrected chi connectivity index (χ0v) is 17.1. The molecule has 0 bridgehead atoms. The molecule has 0 aliphatic carbocycles. The molecule has 152 valence electrons. The highest BCUT2D eigenvalue weighted by molar-refractivity contribution is 5.80. The van der Waals surface area contributed by atoms with Crippen molar-refractivity contribution in [3.63, 3.8) is 0 Å². The third-order valence-corrected chi connectivity index (χ3v) is 5.36. The Morgan fingerprint density at radius 1 is 1.21 bits per heavy atom. The van der Waals surface area contributed by atoms with E-state index in [1.54, 1.807) is 0 Å². The number of hydrogen-bond donors (Lipinski definition) is 1. The standard InChI is InChI=1S/C22H28N6O/c1-17-8-3-4-9-18(17)19-16-27(14-15-29-19)22(23-2)24-12-7-11-21-26-25-20-10-5-6-13-28(20)21/h3-6,8-10,13,19H,7,11-12,14-16H2,1-2H3,(H,23,24). The SMILES string of the molecule is CN=C(NCCCc1nnc2ccccn12)N1CCOC(c2ccccc2C)C1. The summed E-state index contributed by atoms with van der Waals surface area (Å²) in [5, 5.41) is 12.0. The van der Waals surface area contributed by atoms with Gasteiger partial charge in [-0.15, -0.1) is 10.2 Å². The zero-order valence-electron chi connectivity index (χ0n) is 17.1. The number of nitrogens with zero attached hydrogens (tertiary/aromatic N) is 5. The van der Waals surface area contributed by atoms with E-state index in [0.29, 0.717) is 6.61 Å². The van der Waals surface area contributed by atoms with Crippen LogP contribution in [0.3, 0.4) is 0 Å². The van der Waals surface area contributed by atoms with Crippen LogP contribution in [0.15, 0.2) is 53.7 Å². The lowest BCUT2D eigenvalue weighted by atomic mass is 10.0. The fraction of sp³-hybridized carbons (Fsp3) is 0.409. The van der Waals surface area contributed by atoms with Crippen molar-refractivity contribution in [2.45, 2.75) is 25.9 Å². The summed E-state index contributed by atoms with van der Waals surface area (Å²) >= 11 is 0. The van der Waals surface area contributed by atoms with Crippen LogP contribution in [-0.2, 0) is 11.2 Å². The molecule has 1 aliphatic rings. The number of aromatic nitrogens is 3. The number of ether oxygens (including phenoxy) is 1. The minimum Gasteiger partial charge on any atom is -0.370 e. The van der Waals surface area contributed by atoms with Gasteiger partial charge in [-0.05, 0) is 36.6 Å². The van der Waals surface area contributed by atoms with E-state index in [-0.39, 0.29) is 6.10 Å². The lowest BCUT2D eigenvalue weighted by molar-refractivity contribution is -0.00830. The highest BCUT2D eigenvalue weighted by atomic mass is 16.5. The van der Waals surface area contributed by atoms with Crippen LogP contribution < -0.4 is 5.32 Å². The maximum atomic E-state index is 6.04. The van der Waals surface area contributed by atoms with Crippen LogP contribution in [0.4, 0.5) is 0 Å². The van der Waals surface area contributed by atoms with Gasteiger partial charge in [-0.2, -0.15) is 0 Å². The largest absolute Gasteiger partial charge is 0.370 e. The number of aryl methyl sites for hydroxylation is 2. The van der Waals surface area contributed by atoms with Crippen LogP contribution in [0, 0.1) is 6.92 Å². The molecule has 7 nitrogen and oxygen atoms in total. The van der Waals surface area contributed by atoms with Gasteiger partial charge < -0.3 is 15.0 Å². The molecule has 0 radical (unpaired) electrons. The Balaban J connectivity index is 1.31. The molecular formula is C22H28N6O. The summed E-state index contributed by atoms with van der Waals surface area (Å²) in [5.41, 5.74) is 3.41. The maximum Gasteiger partial charge on any atom is 0.193 e. The van der Waals surface area contributed by atoms with E-state index in [1.165, 1.54) is 11.1 Å².